The van der Waals surface area contributed by atoms with Crippen LogP contribution in [0.2, 0.25) is 0 Å². The minimum absolute atomic E-state index is 0.263. The fourth-order valence-electron chi connectivity index (χ4n) is 10.8. The summed E-state index contributed by atoms with van der Waals surface area (Å²) in [5.41, 5.74) is 14.8. The van der Waals surface area contributed by atoms with Crippen LogP contribution in [0.15, 0.2) is 194 Å². The van der Waals surface area contributed by atoms with E-state index >= 15 is 0 Å². The molecule has 2 aliphatic carbocycles. The smallest absolute Gasteiger partial charge is 0.0540 e. The zero-order valence-corrected chi connectivity index (χ0v) is 34.4. The van der Waals surface area contributed by atoms with E-state index in [-0.39, 0.29) is 10.8 Å². The second kappa shape index (κ2) is 12.7. The normalized spacial score (nSPS) is 14.3. The number of hydrogen-bond acceptors (Lipinski definition) is 2. The van der Waals surface area contributed by atoms with Gasteiger partial charge in [-0.15, -0.1) is 0 Å². The lowest BCUT2D eigenvalue weighted by Crippen LogP contribution is -2.30. The van der Waals surface area contributed by atoms with Gasteiger partial charge < -0.3 is 9.80 Å². The molecule has 0 radical (unpaired) electrons. The average molecular weight is 769 g/mol. The van der Waals surface area contributed by atoms with E-state index in [0.29, 0.717) is 0 Å². The van der Waals surface area contributed by atoms with Crippen LogP contribution in [0.1, 0.15) is 49.9 Å². The topological polar surface area (TPSA) is 6.48 Å². The van der Waals surface area contributed by atoms with Gasteiger partial charge in [0.05, 0.1) is 11.4 Å². The van der Waals surface area contributed by atoms with E-state index in [1.165, 1.54) is 99.2 Å². The highest BCUT2D eigenvalue weighted by molar-refractivity contribution is 6.17. The Labute approximate surface area is 351 Å². The van der Waals surface area contributed by atoms with Crippen molar-refractivity contribution in [3.05, 3.63) is 216 Å². The maximum atomic E-state index is 2.50. The third-order valence-corrected chi connectivity index (χ3v) is 13.7. The summed E-state index contributed by atoms with van der Waals surface area (Å²) in [7, 11) is 0. The van der Waals surface area contributed by atoms with Crippen molar-refractivity contribution in [1.29, 1.82) is 0 Å². The molecule has 2 heteroatoms. The Kier molecular flexibility index (Phi) is 7.36. The number of para-hydroxylation sites is 2. The van der Waals surface area contributed by atoms with Crippen molar-refractivity contribution in [2.24, 2.45) is 0 Å². The molecule has 0 saturated heterocycles. The lowest BCUT2D eigenvalue weighted by atomic mass is 9.60. The largest absolute Gasteiger partial charge is 0.310 e. The molecule has 0 unspecified atom stereocenters. The summed E-state index contributed by atoms with van der Waals surface area (Å²) in [6, 6.07) is 72.1. The third-order valence-electron chi connectivity index (χ3n) is 13.7. The Morgan fingerprint density at radius 2 is 0.683 bits per heavy atom. The monoisotopic (exact) mass is 768 g/mol. The number of anilines is 6. The van der Waals surface area contributed by atoms with Crippen molar-refractivity contribution in [3.63, 3.8) is 0 Å². The van der Waals surface area contributed by atoms with Gasteiger partial charge in [0.1, 0.15) is 0 Å². The second-order valence-corrected chi connectivity index (χ2v) is 17.7. The first-order valence-corrected chi connectivity index (χ1v) is 21.2. The number of fused-ring (bicyclic) bond motifs is 2. The molecule has 2 aliphatic rings. The van der Waals surface area contributed by atoms with Gasteiger partial charge in [-0.2, -0.15) is 0 Å². The summed E-state index contributed by atoms with van der Waals surface area (Å²) in [6.45, 7) is 9.76. The van der Waals surface area contributed by atoms with E-state index in [0.717, 1.165) is 11.4 Å². The van der Waals surface area contributed by atoms with Crippen molar-refractivity contribution in [1.82, 2.24) is 0 Å². The Hall–Kier alpha value is -7.16. The number of benzene rings is 10. The molecule has 12 rings (SSSR count). The van der Waals surface area contributed by atoms with Gasteiger partial charge in [0, 0.05) is 44.4 Å². The summed E-state index contributed by atoms with van der Waals surface area (Å²) < 4.78 is 0. The van der Waals surface area contributed by atoms with Crippen LogP contribution in [0.5, 0.6) is 0 Å². The molecule has 10 aromatic rings. The Morgan fingerprint density at radius 1 is 0.300 bits per heavy atom. The average Bonchev–Trinajstić information content (AvgIpc) is 3.28. The van der Waals surface area contributed by atoms with Gasteiger partial charge in [-0.1, -0.05) is 161 Å². The van der Waals surface area contributed by atoms with E-state index in [9.17, 15) is 0 Å². The van der Waals surface area contributed by atoms with Crippen LogP contribution >= 0.6 is 0 Å². The molecule has 0 heterocycles. The van der Waals surface area contributed by atoms with Crippen LogP contribution in [0.4, 0.5) is 34.1 Å². The van der Waals surface area contributed by atoms with Crippen LogP contribution in [0.25, 0.3) is 54.2 Å². The molecule has 0 spiro atoms. The molecule has 0 atom stereocenters. The molecule has 0 saturated carbocycles. The van der Waals surface area contributed by atoms with Crippen molar-refractivity contribution < 1.29 is 0 Å². The minimum Gasteiger partial charge on any atom is -0.310 e. The lowest BCUT2D eigenvalue weighted by Gasteiger charge is -2.44. The molecule has 0 N–H and O–H groups in total. The summed E-state index contributed by atoms with van der Waals surface area (Å²) in [5, 5.41) is 10.3. The van der Waals surface area contributed by atoms with E-state index < -0.39 is 0 Å². The molecule has 0 amide bonds. The second-order valence-electron chi connectivity index (χ2n) is 17.7. The highest BCUT2D eigenvalue weighted by atomic mass is 15.1. The quantitative estimate of drug-likeness (QED) is 0.166. The van der Waals surface area contributed by atoms with Gasteiger partial charge in [0.15, 0.2) is 0 Å². The van der Waals surface area contributed by atoms with Crippen LogP contribution in [0.3, 0.4) is 0 Å². The number of hydrogen-bond donors (Lipinski definition) is 0. The van der Waals surface area contributed by atoms with E-state index in [1.807, 2.05) is 0 Å². The van der Waals surface area contributed by atoms with Crippen LogP contribution in [-0.4, -0.2) is 0 Å². The molecular weight excluding hydrogens is 725 g/mol. The first-order valence-electron chi connectivity index (χ1n) is 21.2. The zero-order chi connectivity index (χ0) is 40.3. The Bertz CT molecular complexity index is 3140. The summed E-state index contributed by atoms with van der Waals surface area (Å²) in [5.74, 6) is 0. The van der Waals surface area contributed by atoms with Gasteiger partial charge in [0.2, 0.25) is 0 Å². The van der Waals surface area contributed by atoms with Gasteiger partial charge >= 0.3 is 0 Å². The predicted molar refractivity (Wildman–Crippen MR) is 256 cm³/mol. The van der Waals surface area contributed by atoms with Crippen molar-refractivity contribution in [2.45, 2.75) is 38.5 Å². The Balaban J connectivity index is 1.12. The highest BCUT2D eigenvalue weighted by Crippen LogP contribution is 2.60. The van der Waals surface area contributed by atoms with Crippen LogP contribution in [-0.2, 0) is 10.8 Å². The summed E-state index contributed by atoms with van der Waals surface area (Å²) >= 11 is 0. The standard InChI is InChI=1S/C58H44N2/c1-57(2)47-31-29-40-34-44(60(42-23-9-6-10-24-42)52-28-16-20-38-18-12-14-26-46(38)52)36-50-54(40)55(47)56-48(58(50,3)4)32-30-39-33-43(35-49(57)53(39)56)59(41-21-7-5-8-22-41)51-27-15-19-37-17-11-13-25-45(37)51/h5-36H,1-4H3. The maximum Gasteiger partial charge on any atom is 0.0540 e. The molecule has 0 bridgehead atoms. The predicted octanol–water partition coefficient (Wildman–Crippen LogP) is 16.2. The molecule has 10 aromatic carbocycles. The molecule has 0 aliphatic heterocycles. The molecule has 60 heavy (non-hydrogen) atoms. The molecule has 0 fully saturated rings. The fraction of sp³-hybridized carbons (Fsp3) is 0.103. The minimum atomic E-state index is -0.263. The van der Waals surface area contributed by atoms with Gasteiger partial charge in [-0.05, 0) is 126 Å². The van der Waals surface area contributed by atoms with E-state index in [4.69, 9.17) is 0 Å². The third kappa shape index (κ3) is 4.88. The SMILES string of the molecule is CC1(C)c2ccc3cc(N(c4ccccc4)c4cccc5ccccc45)cc4c3c2-c2c(ccc3cc(N(c5ccccc5)c5cccc6ccccc56)cc1c23)C4(C)C. The maximum absolute atomic E-state index is 2.50. The first-order chi connectivity index (χ1) is 29.3. The number of rotatable bonds is 6. The molecule has 0 aromatic heterocycles. The number of nitrogens with zero attached hydrogens (tertiary/aromatic N) is 2. The van der Waals surface area contributed by atoms with Crippen molar-refractivity contribution in [2.75, 3.05) is 9.80 Å². The van der Waals surface area contributed by atoms with Gasteiger partial charge in [-0.25, -0.2) is 0 Å². The van der Waals surface area contributed by atoms with Crippen LogP contribution in [0, 0.1) is 0 Å². The molecular formula is C58H44N2. The van der Waals surface area contributed by atoms with Crippen molar-refractivity contribution in [3.8, 4) is 11.1 Å². The summed E-state index contributed by atoms with van der Waals surface area (Å²) in [4.78, 5) is 4.92. The van der Waals surface area contributed by atoms with Crippen LogP contribution < -0.4 is 9.80 Å². The van der Waals surface area contributed by atoms with Crippen molar-refractivity contribution >= 4 is 77.2 Å². The molecule has 2 nitrogen and oxygen atoms in total. The van der Waals surface area contributed by atoms with E-state index in [1.54, 1.807) is 0 Å². The Morgan fingerprint density at radius 3 is 1.12 bits per heavy atom. The molecule has 286 valence electrons. The van der Waals surface area contributed by atoms with Gasteiger partial charge in [0.25, 0.3) is 0 Å². The lowest BCUT2D eigenvalue weighted by molar-refractivity contribution is 0.628. The van der Waals surface area contributed by atoms with Gasteiger partial charge in [-0.3, -0.25) is 0 Å². The first kappa shape index (κ1) is 34.8. The van der Waals surface area contributed by atoms with E-state index in [2.05, 4.69) is 232 Å². The summed E-state index contributed by atoms with van der Waals surface area (Å²) in [6.07, 6.45) is 0. The zero-order valence-electron chi connectivity index (χ0n) is 34.4. The fourth-order valence-corrected chi connectivity index (χ4v) is 10.8. The highest BCUT2D eigenvalue weighted by Gasteiger charge is 2.43.